The number of aromatic nitrogens is 1. The highest BCUT2D eigenvalue weighted by atomic mass is 16.5. The number of anilines is 1. The predicted molar refractivity (Wildman–Crippen MR) is 115 cm³/mol. The van der Waals surface area contributed by atoms with Gasteiger partial charge in [0.15, 0.2) is 0 Å². The molecule has 164 valence electrons. The predicted octanol–water partition coefficient (Wildman–Crippen LogP) is 1.92. The molecule has 31 heavy (non-hydrogen) atoms. The van der Waals surface area contributed by atoms with Crippen molar-refractivity contribution in [2.24, 2.45) is 5.10 Å². The summed E-state index contributed by atoms with van der Waals surface area (Å²) in [5.74, 6) is -0.259. The number of nitrogens with one attached hydrogen (secondary N) is 1. The normalized spacial score (nSPS) is 15.4. The Morgan fingerprint density at radius 3 is 2.65 bits per heavy atom. The van der Waals surface area contributed by atoms with Gasteiger partial charge in [0.05, 0.1) is 18.9 Å². The van der Waals surface area contributed by atoms with Gasteiger partial charge in [0.2, 0.25) is 11.8 Å². The number of hydrogen-bond donors (Lipinski definition) is 1. The van der Waals surface area contributed by atoms with E-state index >= 15 is 0 Å². The van der Waals surface area contributed by atoms with Crippen LogP contribution in [0.5, 0.6) is 5.88 Å². The van der Waals surface area contributed by atoms with Crippen molar-refractivity contribution in [2.45, 2.75) is 25.9 Å². The van der Waals surface area contributed by atoms with Crippen LogP contribution in [-0.2, 0) is 25.6 Å². The third kappa shape index (κ3) is 6.02. The van der Waals surface area contributed by atoms with E-state index in [1.165, 1.54) is 0 Å². The molecule has 0 spiro atoms. The number of benzene rings is 1. The van der Waals surface area contributed by atoms with E-state index < -0.39 is 12.0 Å². The summed E-state index contributed by atoms with van der Waals surface area (Å²) in [6, 6.07) is 12.2. The summed E-state index contributed by atoms with van der Waals surface area (Å²) >= 11 is 0. The first-order valence-corrected chi connectivity index (χ1v) is 10.1. The molecule has 3 rings (SSSR count). The first-order chi connectivity index (χ1) is 15.1. The number of rotatable bonds is 10. The van der Waals surface area contributed by atoms with Crippen molar-refractivity contribution in [3.8, 4) is 5.88 Å². The van der Waals surface area contributed by atoms with Gasteiger partial charge in [-0.15, -0.1) is 0 Å². The fourth-order valence-electron chi connectivity index (χ4n) is 3.01. The summed E-state index contributed by atoms with van der Waals surface area (Å²) in [5.41, 5.74) is 1.77. The Kier molecular flexibility index (Phi) is 7.94. The van der Waals surface area contributed by atoms with Gasteiger partial charge in [0.25, 0.3) is 0 Å². The molecule has 1 unspecified atom stereocenters. The molecule has 1 atom stereocenters. The summed E-state index contributed by atoms with van der Waals surface area (Å²) in [4.78, 5) is 29.3. The molecule has 1 aromatic carbocycles. The van der Waals surface area contributed by atoms with Crippen LogP contribution in [0, 0.1) is 0 Å². The number of pyridine rings is 1. The van der Waals surface area contributed by atoms with Crippen molar-refractivity contribution in [1.82, 2.24) is 10.3 Å². The number of carbonyl (C=O) groups excluding carboxylic acids is 2. The third-order valence-corrected chi connectivity index (χ3v) is 4.55. The molecule has 0 aliphatic carbocycles. The minimum absolute atomic E-state index is 0.171. The van der Waals surface area contributed by atoms with Crippen LogP contribution in [-0.4, -0.2) is 55.5 Å². The maximum atomic E-state index is 12.9. The van der Waals surface area contributed by atoms with Crippen molar-refractivity contribution < 1.29 is 23.8 Å². The number of ether oxygens (including phenoxy) is 3. The quantitative estimate of drug-likeness (QED) is 0.457. The molecule has 1 N–H and O–H groups in total. The molecule has 0 saturated carbocycles. The standard InChI is InChI=1S/C22H26N4O5/c1-3-30-22(28)18-13-19(26(25-18)17-7-5-4-6-8-17)21(27)24-15-16-9-10-20(23-14-16)31-12-11-29-2/h4-10,14,19H,3,11-13,15H2,1-2H3,(H,24,27). The number of amides is 1. The topological polar surface area (TPSA) is 102 Å². The first-order valence-electron chi connectivity index (χ1n) is 10.1. The van der Waals surface area contributed by atoms with Gasteiger partial charge < -0.3 is 19.5 Å². The molecule has 9 heteroatoms. The van der Waals surface area contributed by atoms with Crippen molar-refractivity contribution in [3.63, 3.8) is 0 Å². The van der Waals surface area contributed by atoms with Crippen molar-refractivity contribution in [1.29, 1.82) is 0 Å². The minimum atomic E-state index is -0.647. The molecule has 1 aliphatic rings. The molecule has 2 aromatic rings. The van der Waals surface area contributed by atoms with Crippen molar-refractivity contribution >= 4 is 23.3 Å². The molecule has 1 aliphatic heterocycles. The minimum Gasteiger partial charge on any atom is -0.475 e. The number of methoxy groups -OCH3 is 1. The van der Waals surface area contributed by atoms with E-state index in [1.807, 2.05) is 36.4 Å². The van der Waals surface area contributed by atoms with E-state index in [0.717, 1.165) is 11.3 Å². The average molecular weight is 426 g/mol. The molecule has 1 amide bonds. The van der Waals surface area contributed by atoms with Crippen LogP contribution in [0.25, 0.3) is 0 Å². The van der Waals surface area contributed by atoms with Gasteiger partial charge in [-0.2, -0.15) is 5.10 Å². The van der Waals surface area contributed by atoms with Crippen LogP contribution in [0.1, 0.15) is 18.9 Å². The first kappa shape index (κ1) is 22.2. The lowest BCUT2D eigenvalue weighted by Gasteiger charge is -2.22. The number of hydrogen-bond acceptors (Lipinski definition) is 8. The summed E-state index contributed by atoms with van der Waals surface area (Å²) in [7, 11) is 1.60. The summed E-state index contributed by atoms with van der Waals surface area (Å²) in [6.45, 7) is 3.17. The summed E-state index contributed by atoms with van der Waals surface area (Å²) in [6.07, 6.45) is 1.82. The van der Waals surface area contributed by atoms with Crippen LogP contribution in [0.4, 0.5) is 5.69 Å². The Morgan fingerprint density at radius 2 is 1.97 bits per heavy atom. The fraction of sp³-hybridized carbons (Fsp3) is 0.364. The SMILES string of the molecule is CCOC(=O)C1=NN(c2ccccc2)C(C(=O)NCc2ccc(OCCOC)nc2)C1. The molecular formula is C22H26N4O5. The van der Waals surface area contributed by atoms with Crippen molar-refractivity contribution in [2.75, 3.05) is 31.9 Å². The van der Waals surface area contributed by atoms with Crippen LogP contribution in [0.3, 0.4) is 0 Å². The van der Waals surface area contributed by atoms with E-state index in [2.05, 4.69) is 15.4 Å². The van der Waals surface area contributed by atoms with Gasteiger partial charge in [-0.05, 0) is 24.6 Å². The second-order valence-corrected chi connectivity index (χ2v) is 6.73. The number of nitrogens with zero attached hydrogens (tertiary/aromatic N) is 3. The lowest BCUT2D eigenvalue weighted by Crippen LogP contribution is -2.42. The number of carbonyl (C=O) groups is 2. The van der Waals surface area contributed by atoms with Crippen LogP contribution >= 0.6 is 0 Å². The number of esters is 1. The highest BCUT2D eigenvalue weighted by Crippen LogP contribution is 2.25. The number of para-hydroxylation sites is 1. The smallest absolute Gasteiger partial charge is 0.354 e. The van der Waals surface area contributed by atoms with E-state index in [9.17, 15) is 9.59 Å². The third-order valence-electron chi connectivity index (χ3n) is 4.55. The lowest BCUT2D eigenvalue weighted by molar-refractivity contribution is -0.135. The maximum absolute atomic E-state index is 12.9. The second kappa shape index (κ2) is 11.1. The zero-order valence-corrected chi connectivity index (χ0v) is 17.6. The van der Waals surface area contributed by atoms with Crippen LogP contribution < -0.4 is 15.1 Å². The van der Waals surface area contributed by atoms with Crippen molar-refractivity contribution in [3.05, 3.63) is 54.2 Å². The Balaban J connectivity index is 1.63. The molecule has 9 nitrogen and oxygen atoms in total. The molecule has 0 saturated heterocycles. The van der Waals surface area contributed by atoms with Crippen LogP contribution in [0.2, 0.25) is 0 Å². The fourth-order valence-corrected chi connectivity index (χ4v) is 3.01. The maximum Gasteiger partial charge on any atom is 0.354 e. The zero-order valence-electron chi connectivity index (χ0n) is 17.6. The molecule has 0 radical (unpaired) electrons. The second-order valence-electron chi connectivity index (χ2n) is 6.73. The Bertz CT molecular complexity index is 902. The molecular weight excluding hydrogens is 400 g/mol. The van der Waals surface area contributed by atoms with Gasteiger partial charge in [-0.1, -0.05) is 24.3 Å². The van der Waals surface area contributed by atoms with Gasteiger partial charge in [-0.3, -0.25) is 9.80 Å². The summed E-state index contributed by atoms with van der Waals surface area (Å²) < 4.78 is 15.4. The van der Waals surface area contributed by atoms with Gasteiger partial charge in [0.1, 0.15) is 18.4 Å². The largest absolute Gasteiger partial charge is 0.475 e. The monoisotopic (exact) mass is 426 g/mol. The Labute approximate surface area is 181 Å². The molecule has 0 bridgehead atoms. The van der Waals surface area contributed by atoms with E-state index in [-0.39, 0.29) is 31.2 Å². The van der Waals surface area contributed by atoms with Crippen LogP contribution in [0.15, 0.2) is 53.8 Å². The molecule has 1 aromatic heterocycles. The molecule has 0 fully saturated rings. The van der Waals surface area contributed by atoms with Gasteiger partial charge in [-0.25, -0.2) is 9.78 Å². The Hall–Kier alpha value is -3.46. The highest BCUT2D eigenvalue weighted by molar-refractivity contribution is 6.38. The van der Waals surface area contributed by atoms with E-state index in [0.29, 0.717) is 19.1 Å². The van der Waals surface area contributed by atoms with Gasteiger partial charge >= 0.3 is 5.97 Å². The van der Waals surface area contributed by atoms with E-state index in [4.69, 9.17) is 14.2 Å². The number of hydrazone groups is 1. The molecule has 2 heterocycles. The lowest BCUT2D eigenvalue weighted by atomic mass is 10.1. The van der Waals surface area contributed by atoms with E-state index in [1.54, 1.807) is 31.3 Å². The highest BCUT2D eigenvalue weighted by Gasteiger charge is 2.36. The zero-order chi connectivity index (χ0) is 22.1. The summed E-state index contributed by atoms with van der Waals surface area (Å²) in [5, 5.41) is 8.82. The average Bonchev–Trinajstić information content (AvgIpc) is 3.25. The Morgan fingerprint density at radius 1 is 1.16 bits per heavy atom. The van der Waals surface area contributed by atoms with Gasteiger partial charge in [0, 0.05) is 32.3 Å².